The number of piperidine rings is 1. The van der Waals surface area contributed by atoms with Gasteiger partial charge in [-0.15, -0.1) is 0 Å². The molecule has 0 radical (unpaired) electrons. The summed E-state index contributed by atoms with van der Waals surface area (Å²) >= 11 is 5.96. The zero-order chi connectivity index (χ0) is 15.9. The molecule has 1 N–H and O–H groups in total. The Balaban J connectivity index is 1.85. The molecule has 0 unspecified atom stereocenters. The van der Waals surface area contributed by atoms with E-state index >= 15 is 0 Å². The van der Waals surface area contributed by atoms with Gasteiger partial charge < -0.3 is 14.8 Å². The molecule has 2 rings (SSSR count). The van der Waals surface area contributed by atoms with E-state index in [4.69, 9.17) is 21.1 Å². The van der Waals surface area contributed by atoms with Gasteiger partial charge in [0.25, 0.3) is 0 Å². The van der Waals surface area contributed by atoms with E-state index in [-0.39, 0.29) is 5.91 Å². The van der Waals surface area contributed by atoms with Crippen LogP contribution in [0, 0.1) is 0 Å². The van der Waals surface area contributed by atoms with Crippen LogP contribution in [0.4, 0.5) is 5.69 Å². The quantitative estimate of drug-likeness (QED) is 0.873. The van der Waals surface area contributed by atoms with Crippen molar-refractivity contribution in [3.63, 3.8) is 0 Å². The Morgan fingerprint density at radius 2 is 2.14 bits per heavy atom. The number of hydrogen-bond donors (Lipinski definition) is 1. The number of amides is 1. The smallest absolute Gasteiger partial charge is 0.238 e. The van der Waals surface area contributed by atoms with E-state index in [1.54, 1.807) is 25.3 Å². The third-order valence-corrected chi connectivity index (χ3v) is 3.97. The van der Waals surface area contributed by atoms with E-state index in [2.05, 4.69) is 10.2 Å². The molecule has 122 valence electrons. The third-order valence-electron chi connectivity index (χ3n) is 3.74. The topological polar surface area (TPSA) is 50.8 Å². The fourth-order valence-electron chi connectivity index (χ4n) is 2.64. The van der Waals surface area contributed by atoms with Gasteiger partial charge in [-0.05, 0) is 38.0 Å². The van der Waals surface area contributed by atoms with Crippen molar-refractivity contribution in [2.75, 3.05) is 38.7 Å². The molecule has 1 saturated heterocycles. The second-order valence-electron chi connectivity index (χ2n) is 5.32. The van der Waals surface area contributed by atoms with Crippen molar-refractivity contribution in [1.82, 2.24) is 4.90 Å². The van der Waals surface area contributed by atoms with E-state index in [0.717, 1.165) is 32.5 Å². The zero-order valence-electron chi connectivity index (χ0n) is 13.1. The highest BCUT2D eigenvalue weighted by molar-refractivity contribution is 6.31. The van der Waals surface area contributed by atoms with Crippen LogP contribution < -0.4 is 10.1 Å². The SMILES string of the molecule is CCOC1CCN(CC(=O)Nc2cc(Cl)ccc2OC)CC1. The minimum atomic E-state index is -0.0598. The molecule has 0 aliphatic carbocycles. The lowest BCUT2D eigenvalue weighted by molar-refractivity contribution is -0.118. The average Bonchev–Trinajstić information content (AvgIpc) is 2.50. The molecule has 1 aliphatic rings. The fraction of sp³-hybridized carbons (Fsp3) is 0.562. The maximum absolute atomic E-state index is 12.2. The molecule has 5 nitrogen and oxygen atoms in total. The van der Waals surface area contributed by atoms with Crippen LogP contribution in [0.5, 0.6) is 5.75 Å². The van der Waals surface area contributed by atoms with Gasteiger partial charge in [0.05, 0.1) is 25.4 Å². The molecule has 0 saturated carbocycles. The number of halogens is 1. The Hall–Kier alpha value is -1.30. The van der Waals surface area contributed by atoms with Crippen molar-refractivity contribution in [2.45, 2.75) is 25.9 Å². The van der Waals surface area contributed by atoms with Gasteiger partial charge in [-0.3, -0.25) is 9.69 Å². The summed E-state index contributed by atoms with van der Waals surface area (Å²) < 4.78 is 10.8. The molecular formula is C16H23ClN2O3. The number of anilines is 1. The maximum Gasteiger partial charge on any atom is 0.238 e. The molecule has 1 amide bonds. The van der Waals surface area contributed by atoms with E-state index in [1.807, 2.05) is 6.92 Å². The number of carbonyl (C=O) groups is 1. The van der Waals surface area contributed by atoms with Crippen molar-refractivity contribution in [1.29, 1.82) is 0 Å². The van der Waals surface area contributed by atoms with Gasteiger partial charge in [-0.1, -0.05) is 11.6 Å². The first-order chi connectivity index (χ1) is 10.6. The number of ether oxygens (including phenoxy) is 2. The van der Waals surface area contributed by atoms with Crippen LogP contribution in [0.2, 0.25) is 5.02 Å². The summed E-state index contributed by atoms with van der Waals surface area (Å²) in [6.45, 7) is 4.89. The Morgan fingerprint density at radius 1 is 1.41 bits per heavy atom. The normalized spacial score (nSPS) is 16.5. The number of methoxy groups -OCH3 is 1. The van der Waals surface area contributed by atoms with Crippen molar-refractivity contribution in [3.05, 3.63) is 23.2 Å². The lowest BCUT2D eigenvalue weighted by Crippen LogP contribution is -2.41. The summed E-state index contributed by atoms with van der Waals surface area (Å²) in [6, 6.07) is 5.17. The second-order valence-corrected chi connectivity index (χ2v) is 5.76. The second kappa shape index (κ2) is 8.36. The molecule has 1 aromatic carbocycles. The van der Waals surface area contributed by atoms with Gasteiger partial charge >= 0.3 is 0 Å². The number of nitrogens with one attached hydrogen (secondary N) is 1. The first kappa shape index (κ1) is 17.1. The molecule has 0 bridgehead atoms. The van der Waals surface area contributed by atoms with Crippen LogP contribution in [0.25, 0.3) is 0 Å². The number of benzene rings is 1. The standard InChI is InChI=1S/C16H23ClN2O3/c1-3-22-13-6-8-19(9-7-13)11-16(20)18-14-10-12(17)4-5-15(14)21-2/h4-5,10,13H,3,6-9,11H2,1-2H3,(H,18,20). The van der Waals surface area contributed by atoms with E-state index in [1.165, 1.54) is 0 Å². The Bertz CT molecular complexity index is 502. The van der Waals surface area contributed by atoms with Gasteiger partial charge in [0, 0.05) is 24.7 Å². The highest BCUT2D eigenvalue weighted by Crippen LogP contribution is 2.27. The van der Waals surface area contributed by atoms with Gasteiger partial charge in [-0.25, -0.2) is 0 Å². The third kappa shape index (κ3) is 4.87. The van der Waals surface area contributed by atoms with Gasteiger partial charge in [-0.2, -0.15) is 0 Å². The van der Waals surface area contributed by atoms with Crippen molar-refractivity contribution in [2.24, 2.45) is 0 Å². The summed E-state index contributed by atoms with van der Waals surface area (Å²) in [5.74, 6) is 0.545. The summed E-state index contributed by atoms with van der Waals surface area (Å²) in [5, 5.41) is 3.43. The first-order valence-corrected chi connectivity index (χ1v) is 7.97. The van der Waals surface area contributed by atoms with Crippen molar-refractivity contribution < 1.29 is 14.3 Å². The lowest BCUT2D eigenvalue weighted by Gasteiger charge is -2.31. The molecule has 1 fully saturated rings. The minimum Gasteiger partial charge on any atom is -0.495 e. The van der Waals surface area contributed by atoms with Crippen molar-refractivity contribution in [3.8, 4) is 5.75 Å². The molecule has 0 atom stereocenters. The van der Waals surface area contributed by atoms with E-state index in [9.17, 15) is 4.79 Å². The van der Waals surface area contributed by atoms with E-state index in [0.29, 0.717) is 29.1 Å². The van der Waals surface area contributed by atoms with Crippen LogP contribution in [0.3, 0.4) is 0 Å². The summed E-state index contributed by atoms with van der Waals surface area (Å²) in [4.78, 5) is 14.3. The lowest BCUT2D eigenvalue weighted by atomic mass is 10.1. The molecule has 6 heteroatoms. The Morgan fingerprint density at radius 3 is 2.77 bits per heavy atom. The summed E-state index contributed by atoms with van der Waals surface area (Å²) in [5.41, 5.74) is 0.601. The van der Waals surface area contributed by atoms with Crippen LogP contribution in [-0.4, -0.2) is 50.3 Å². The number of hydrogen-bond acceptors (Lipinski definition) is 4. The van der Waals surface area contributed by atoms with Gasteiger partial charge in [0.2, 0.25) is 5.91 Å². The first-order valence-electron chi connectivity index (χ1n) is 7.59. The largest absolute Gasteiger partial charge is 0.495 e. The molecule has 0 aromatic heterocycles. The molecule has 1 aromatic rings. The number of nitrogens with zero attached hydrogens (tertiary/aromatic N) is 1. The van der Waals surface area contributed by atoms with Gasteiger partial charge in [0.1, 0.15) is 5.75 Å². The number of carbonyl (C=O) groups excluding carboxylic acids is 1. The number of rotatable bonds is 6. The Labute approximate surface area is 136 Å². The van der Waals surface area contributed by atoms with Gasteiger partial charge in [0.15, 0.2) is 0 Å². The average molecular weight is 327 g/mol. The van der Waals surface area contributed by atoms with E-state index < -0.39 is 0 Å². The molecule has 0 spiro atoms. The van der Waals surface area contributed by atoms with Crippen LogP contribution in [0.1, 0.15) is 19.8 Å². The number of likely N-dealkylation sites (tertiary alicyclic amines) is 1. The van der Waals surface area contributed by atoms with Crippen molar-refractivity contribution >= 4 is 23.2 Å². The monoisotopic (exact) mass is 326 g/mol. The highest BCUT2D eigenvalue weighted by atomic mass is 35.5. The predicted octanol–water partition coefficient (Wildman–Crippen LogP) is 2.79. The molecule has 1 heterocycles. The molecule has 22 heavy (non-hydrogen) atoms. The fourth-order valence-corrected chi connectivity index (χ4v) is 2.81. The Kier molecular flexibility index (Phi) is 6.49. The van der Waals surface area contributed by atoms with Crippen LogP contribution in [0.15, 0.2) is 18.2 Å². The predicted molar refractivity (Wildman–Crippen MR) is 87.7 cm³/mol. The van der Waals surface area contributed by atoms with Crippen LogP contribution in [-0.2, 0) is 9.53 Å². The highest BCUT2D eigenvalue weighted by Gasteiger charge is 2.21. The van der Waals surface area contributed by atoms with Crippen LogP contribution >= 0.6 is 11.6 Å². The summed E-state index contributed by atoms with van der Waals surface area (Å²) in [6.07, 6.45) is 2.28. The zero-order valence-corrected chi connectivity index (χ0v) is 13.9. The summed E-state index contributed by atoms with van der Waals surface area (Å²) in [7, 11) is 1.57. The maximum atomic E-state index is 12.2. The minimum absolute atomic E-state index is 0.0598. The molecule has 1 aliphatic heterocycles. The molecular weight excluding hydrogens is 304 g/mol.